The Kier molecular flexibility index (Phi) is 6.69. The number of aromatic amines is 1. The van der Waals surface area contributed by atoms with Gasteiger partial charge in [-0.2, -0.15) is 0 Å². The molecule has 1 heterocycles. The summed E-state index contributed by atoms with van der Waals surface area (Å²) in [7, 11) is 2.68. The number of nitrogens with one attached hydrogen (secondary N) is 2. The molecule has 156 valence electrons. The quantitative estimate of drug-likeness (QED) is 0.552. The number of H-pyrrole nitrogens is 1. The van der Waals surface area contributed by atoms with E-state index in [1.807, 2.05) is 24.3 Å². The average Bonchev–Trinajstić information content (AvgIpc) is 3.19. The monoisotopic (exact) mass is 410 g/mol. The number of fused-ring (bicyclic) bond motifs is 1. The highest BCUT2D eigenvalue weighted by atomic mass is 16.5. The minimum atomic E-state index is -0.924. The van der Waals surface area contributed by atoms with Crippen molar-refractivity contribution < 1.29 is 28.6 Å². The summed E-state index contributed by atoms with van der Waals surface area (Å²) in [6.07, 6.45) is 2.01. The van der Waals surface area contributed by atoms with Crippen molar-refractivity contribution in [1.29, 1.82) is 0 Å². The van der Waals surface area contributed by atoms with Gasteiger partial charge in [0.25, 0.3) is 5.91 Å². The van der Waals surface area contributed by atoms with Gasteiger partial charge < -0.3 is 24.5 Å². The number of benzene rings is 2. The lowest BCUT2D eigenvalue weighted by Gasteiger charge is -2.16. The number of rotatable bonds is 8. The van der Waals surface area contributed by atoms with Crippen LogP contribution in [-0.2, 0) is 25.5 Å². The van der Waals surface area contributed by atoms with Crippen LogP contribution in [0, 0.1) is 0 Å². The Balaban J connectivity index is 1.64. The molecule has 3 rings (SSSR count). The van der Waals surface area contributed by atoms with Crippen LogP contribution in [0.3, 0.4) is 0 Å². The molecule has 0 aliphatic heterocycles. The topological polar surface area (TPSA) is 107 Å². The molecule has 1 aromatic heterocycles. The zero-order chi connectivity index (χ0) is 21.5. The van der Waals surface area contributed by atoms with Crippen molar-refractivity contribution in [2.45, 2.75) is 12.5 Å². The van der Waals surface area contributed by atoms with E-state index in [2.05, 4.69) is 10.3 Å². The number of carbonyl (C=O) groups is 3. The molecule has 0 aliphatic carbocycles. The van der Waals surface area contributed by atoms with E-state index in [1.165, 1.54) is 20.3 Å². The molecule has 0 saturated heterocycles. The Morgan fingerprint density at radius 2 is 1.77 bits per heavy atom. The normalized spacial score (nSPS) is 11.5. The van der Waals surface area contributed by atoms with Gasteiger partial charge in [-0.1, -0.05) is 30.3 Å². The highest BCUT2D eigenvalue weighted by Gasteiger charge is 2.24. The fourth-order valence-electron chi connectivity index (χ4n) is 3.11. The van der Waals surface area contributed by atoms with E-state index in [0.717, 1.165) is 16.5 Å². The fraction of sp³-hybridized carbons (Fsp3) is 0.227. The van der Waals surface area contributed by atoms with Crippen LogP contribution >= 0.6 is 0 Å². The van der Waals surface area contributed by atoms with Crippen LogP contribution < -0.4 is 10.1 Å². The Morgan fingerprint density at radius 3 is 2.53 bits per heavy atom. The highest BCUT2D eigenvalue weighted by molar-refractivity contribution is 5.94. The Bertz CT molecular complexity index is 1060. The van der Waals surface area contributed by atoms with Gasteiger partial charge in [-0.3, -0.25) is 4.79 Å². The van der Waals surface area contributed by atoms with Crippen molar-refractivity contribution >= 4 is 28.7 Å². The maximum absolute atomic E-state index is 12.3. The Hall–Kier alpha value is -3.81. The number of amides is 1. The summed E-state index contributed by atoms with van der Waals surface area (Å²) in [5, 5.41) is 3.52. The fourth-order valence-corrected chi connectivity index (χ4v) is 3.11. The second-order valence-electron chi connectivity index (χ2n) is 6.48. The third-order valence-corrected chi connectivity index (χ3v) is 4.58. The minimum Gasteiger partial charge on any atom is -0.496 e. The molecule has 0 saturated carbocycles. The number of hydrogen-bond donors (Lipinski definition) is 2. The molecule has 2 aromatic carbocycles. The standard InChI is InChI=1S/C22H22N2O6/c1-28-19-10-6-4-8-16(19)21(26)30-13-20(25)24-18(22(27)29-2)11-14-12-23-17-9-5-3-7-15(14)17/h3-10,12,18,23H,11,13H2,1-2H3,(H,24,25)/t18-/m1/s1. The Labute approximate surface area is 173 Å². The van der Waals surface area contributed by atoms with Crippen LogP contribution in [-0.4, -0.2) is 49.7 Å². The number of methoxy groups -OCH3 is 2. The summed E-state index contributed by atoms with van der Waals surface area (Å²) >= 11 is 0. The van der Waals surface area contributed by atoms with E-state index < -0.39 is 30.5 Å². The van der Waals surface area contributed by atoms with Crippen LogP contribution in [0.25, 0.3) is 10.9 Å². The summed E-state index contributed by atoms with van der Waals surface area (Å²) in [5.41, 5.74) is 1.98. The molecule has 1 amide bonds. The van der Waals surface area contributed by atoms with E-state index in [-0.39, 0.29) is 12.0 Å². The molecule has 0 bridgehead atoms. The van der Waals surface area contributed by atoms with E-state index in [4.69, 9.17) is 14.2 Å². The highest BCUT2D eigenvalue weighted by Crippen LogP contribution is 2.20. The molecule has 0 radical (unpaired) electrons. The van der Waals surface area contributed by atoms with Crippen LogP contribution in [0.5, 0.6) is 5.75 Å². The number of ether oxygens (including phenoxy) is 3. The zero-order valence-corrected chi connectivity index (χ0v) is 16.6. The van der Waals surface area contributed by atoms with Gasteiger partial charge in [-0.15, -0.1) is 0 Å². The zero-order valence-electron chi connectivity index (χ0n) is 16.6. The minimum absolute atomic E-state index is 0.205. The van der Waals surface area contributed by atoms with Gasteiger partial charge in [0, 0.05) is 23.5 Å². The van der Waals surface area contributed by atoms with E-state index in [0.29, 0.717) is 5.75 Å². The van der Waals surface area contributed by atoms with Gasteiger partial charge in [-0.25, -0.2) is 9.59 Å². The van der Waals surface area contributed by atoms with Crippen LogP contribution in [0.1, 0.15) is 15.9 Å². The van der Waals surface area contributed by atoms with Gasteiger partial charge >= 0.3 is 11.9 Å². The SMILES string of the molecule is COC(=O)[C@@H](Cc1c[nH]c2ccccc12)NC(=O)COC(=O)c1ccccc1OC. The molecule has 1 atom stereocenters. The summed E-state index contributed by atoms with van der Waals surface area (Å²) in [6.45, 7) is -0.543. The van der Waals surface area contributed by atoms with Crippen molar-refractivity contribution in [3.05, 3.63) is 65.9 Å². The Morgan fingerprint density at radius 1 is 1.03 bits per heavy atom. The van der Waals surface area contributed by atoms with Crippen LogP contribution in [0.15, 0.2) is 54.7 Å². The van der Waals surface area contributed by atoms with Gasteiger partial charge in [0.15, 0.2) is 6.61 Å². The van der Waals surface area contributed by atoms with Crippen LogP contribution in [0.2, 0.25) is 0 Å². The van der Waals surface area contributed by atoms with E-state index in [1.54, 1.807) is 24.4 Å². The van der Waals surface area contributed by atoms with Crippen molar-refractivity contribution in [3.63, 3.8) is 0 Å². The van der Waals surface area contributed by atoms with Gasteiger partial charge in [0.05, 0.1) is 14.2 Å². The smallest absolute Gasteiger partial charge is 0.342 e. The maximum atomic E-state index is 12.3. The van der Waals surface area contributed by atoms with Crippen molar-refractivity contribution in [1.82, 2.24) is 10.3 Å². The van der Waals surface area contributed by atoms with E-state index >= 15 is 0 Å². The molecule has 0 fully saturated rings. The molecular formula is C22H22N2O6. The molecule has 30 heavy (non-hydrogen) atoms. The summed E-state index contributed by atoms with van der Waals surface area (Å²) in [5.74, 6) is -1.57. The van der Waals surface area contributed by atoms with Crippen LogP contribution in [0.4, 0.5) is 0 Å². The van der Waals surface area contributed by atoms with Gasteiger partial charge in [-0.05, 0) is 23.8 Å². The lowest BCUT2D eigenvalue weighted by atomic mass is 10.0. The predicted octanol–water partition coefficient (Wildman–Crippen LogP) is 2.23. The van der Waals surface area contributed by atoms with E-state index in [9.17, 15) is 14.4 Å². The first-order valence-corrected chi connectivity index (χ1v) is 9.25. The lowest BCUT2D eigenvalue weighted by Crippen LogP contribution is -2.44. The van der Waals surface area contributed by atoms with Gasteiger partial charge in [0.2, 0.25) is 0 Å². The number of hydrogen-bond acceptors (Lipinski definition) is 6. The number of para-hydroxylation sites is 2. The number of esters is 2. The lowest BCUT2D eigenvalue weighted by molar-refractivity contribution is -0.145. The molecule has 0 spiro atoms. The first-order chi connectivity index (χ1) is 14.5. The molecule has 2 N–H and O–H groups in total. The summed E-state index contributed by atoms with van der Waals surface area (Å²) in [4.78, 5) is 39.9. The third kappa shape index (κ3) is 4.78. The second-order valence-corrected chi connectivity index (χ2v) is 6.48. The maximum Gasteiger partial charge on any atom is 0.342 e. The largest absolute Gasteiger partial charge is 0.496 e. The number of carbonyl (C=O) groups excluding carboxylic acids is 3. The van der Waals surface area contributed by atoms with Crippen molar-refractivity contribution in [2.75, 3.05) is 20.8 Å². The predicted molar refractivity (Wildman–Crippen MR) is 109 cm³/mol. The van der Waals surface area contributed by atoms with Crippen molar-refractivity contribution in [2.24, 2.45) is 0 Å². The summed E-state index contributed by atoms with van der Waals surface area (Å²) < 4.78 is 15.0. The van der Waals surface area contributed by atoms with Gasteiger partial charge in [0.1, 0.15) is 17.4 Å². The molecule has 8 nitrogen and oxygen atoms in total. The third-order valence-electron chi connectivity index (χ3n) is 4.58. The molecule has 0 aliphatic rings. The van der Waals surface area contributed by atoms with Crippen molar-refractivity contribution in [3.8, 4) is 5.75 Å². The summed E-state index contributed by atoms with van der Waals surface area (Å²) in [6, 6.07) is 13.2. The second kappa shape index (κ2) is 9.60. The average molecular weight is 410 g/mol. The molecule has 3 aromatic rings. The first kappa shape index (κ1) is 20.9. The molecule has 8 heteroatoms. The first-order valence-electron chi connectivity index (χ1n) is 9.25. The number of aromatic nitrogens is 1. The molecular weight excluding hydrogens is 388 g/mol. The molecule has 0 unspecified atom stereocenters.